The first-order chi connectivity index (χ1) is 14.6. The van der Waals surface area contributed by atoms with E-state index in [1.165, 1.54) is 11.3 Å². The fourth-order valence-electron chi connectivity index (χ4n) is 3.28. The Balaban J connectivity index is 1.55. The van der Waals surface area contributed by atoms with Crippen LogP contribution in [-0.4, -0.2) is 55.4 Å². The molecule has 1 aromatic carbocycles. The van der Waals surface area contributed by atoms with Gasteiger partial charge in [-0.3, -0.25) is 4.79 Å². The smallest absolute Gasteiger partial charge is 0.258 e. The molecule has 2 aromatic heterocycles. The number of hydrogen-bond donors (Lipinski definition) is 3. The highest BCUT2D eigenvalue weighted by atomic mass is 32.1. The van der Waals surface area contributed by atoms with Gasteiger partial charge < -0.3 is 30.6 Å². The molecular weight excluding hydrogens is 406 g/mol. The number of hydrogen-bond acceptors (Lipinski definition) is 9. The van der Waals surface area contributed by atoms with Gasteiger partial charge in [-0.2, -0.15) is 0 Å². The minimum Gasteiger partial charge on any atom is -0.493 e. The molecule has 30 heavy (non-hydrogen) atoms. The van der Waals surface area contributed by atoms with E-state index < -0.39 is 0 Å². The molecule has 0 saturated carbocycles. The maximum atomic E-state index is 12.9. The first kappa shape index (κ1) is 20.3. The second kappa shape index (κ2) is 8.82. The van der Waals surface area contributed by atoms with E-state index in [-0.39, 0.29) is 18.0 Å². The summed E-state index contributed by atoms with van der Waals surface area (Å²) in [4.78, 5) is 21.8. The summed E-state index contributed by atoms with van der Waals surface area (Å²) in [6.45, 7) is 1.14. The SMILES string of the molecule is COc1ccc(NC(=O)c2csc3cnc(N[C@@H]4CCOC[C@@H]4N)nc23)cc1OC. The van der Waals surface area contributed by atoms with E-state index in [1.807, 2.05) is 0 Å². The van der Waals surface area contributed by atoms with Crippen LogP contribution in [0.25, 0.3) is 10.2 Å². The third-order valence-electron chi connectivity index (χ3n) is 4.91. The zero-order valence-corrected chi connectivity index (χ0v) is 17.5. The van der Waals surface area contributed by atoms with E-state index in [9.17, 15) is 4.79 Å². The van der Waals surface area contributed by atoms with Crippen molar-refractivity contribution in [2.75, 3.05) is 38.1 Å². The third kappa shape index (κ3) is 4.16. The summed E-state index contributed by atoms with van der Waals surface area (Å²) in [5.41, 5.74) is 7.77. The van der Waals surface area contributed by atoms with Gasteiger partial charge in [-0.15, -0.1) is 11.3 Å². The molecule has 4 rings (SSSR count). The van der Waals surface area contributed by atoms with Crippen molar-refractivity contribution in [3.8, 4) is 11.5 Å². The molecule has 1 fully saturated rings. The molecule has 1 aliphatic heterocycles. The first-order valence-corrected chi connectivity index (χ1v) is 10.3. The van der Waals surface area contributed by atoms with Crippen LogP contribution in [0.2, 0.25) is 0 Å². The normalized spacial score (nSPS) is 18.8. The number of carbonyl (C=O) groups is 1. The first-order valence-electron chi connectivity index (χ1n) is 9.46. The molecule has 3 aromatic rings. The van der Waals surface area contributed by atoms with Gasteiger partial charge in [0.15, 0.2) is 11.5 Å². The number of thiophene rings is 1. The lowest BCUT2D eigenvalue weighted by Crippen LogP contribution is -2.47. The number of methoxy groups -OCH3 is 2. The molecule has 0 radical (unpaired) electrons. The number of benzene rings is 1. The van der Waals surface area contributed by atoms with Gasteiger partial charge in [0.2, 0.25) is 5.95 Å². The van der Waals surface area contributed by atoms with E-state index in [0.717, 1.165) is 11.1 Å². The van der Waals surface area contributed by atoms with E-state index in [0.29, 0.717) is 47.4 Å². The zero-order valence-electron chi connectivity index (χ0n) is 16.7. The van der Waals surface area contributed by atoms with Crippen molar-refractivity contribution in [1.82, 2.24) is 9.97 Å². The number of carbonyl (C=O) groups excluding carboxylic acids is 1. The van der Waals surface area contributed by atoms with Crippen molar-refractivity contribution in [3.63, 3.8) is 0 Å². The quantitative estimate of drug-likeness (QED) is 0.547. The maximum Gasteiger partial charge on any atom is 0.258 e. The van der Waals surface area contributed by atoms with Gasteiger partial charge in [0.25, 0.3) is 5.91 Å². The van der Waals surface area contributed by atoms with Crippen molar-refractivity contribution < 1.29 is 19.0 Å². The van der Waals surface area contributed by atoms with Crippen LogP contribution in [0.1, 0.15) is 16.8 Å². The molecule has 1 amide bonds. The Hall–Kier alpha value is -2.95. The number of anilines is 2. The average molecular weight is 430 g/mol. The summed E-state index contributed by atoms with van der Waals surface area (Å²) in [6, 6.07) is 5.09. The van der Waals surface area contributed by atoms with Crippen molar-refractivity contribution in [1.29, 1.82) is 0 Å². The Morgan fingerprint density at radius 2 is 2.13 bits per heavy atom. The van der Waals surface area contributed by atoms with Crippen LogP contribution in [0.5, 0.6) is 11.5 Å². The lowest BCUT2D eigenvalue weighted by atomic mass is 10.1. The molecule has 158 valence electrons. The molecule has 4 N–H and O–H groups in total. The van der Waals surface area contributed by atoms with E-state index >= 15 is 0 Å². The number of aromatic nitrogens is 2. The fraction of sp³-hybridized carbons (Fsp3) is 0.350. The Kier molecular flexibility index (Phi) is 5.98. The minimum absolute atomic E-state index is 0.0267. The van der Waals surface area contributed by atoms with E-state index in [1.54, 1.807) is 44.0 Å². The molecule has 10 heteroatoms. The number of ether oxygens (including phenoxy) is 3. The van der Waals surface area contributed by atoms with Gasteiger partial charge in [0.1, 0.15) is 0 Å². The van der Waals surface area contributed by atoms with E-state index in [2.05, 4.69) is 20.6 Å². The fourth-order valence-corrected chi connectivity index (χ4v) is 4.12. The second-order valence-electron chi connectivity index (χ2n) is 6.86. The number of nitrogens with one attached hydrogen (secondary N) is 2. The van der Waals surface area contributed by atoms with Gasteiger partial charge >= 0.3 is 0 Å². The molecule has 0 spiro atoms. The monoisotopic (exact) mass is 429 g/mol. The van der Waals surface area contributed by atoms with Gasteiger partial charge in [-0.25, -0.2) is 9.97 Å². The molecule has 0 unspecified atom stereocenters. The van der Waals surface area contributed by atoms with Gasteiger partial charge in [-0.1, -0.05) is 0 Å². The minimum atomic E-state index is -0.263. The largest absolute Gasteiger partial charge is 0.493 e. The highest BCUT2D eigenvalue weighted by Gasteiger charge is 2.23. The zero-order chi connectivity index (χ0) is 21.1. The lowest BCUT2D eigenvalue weighted by Gasteiger charge is -2.29. The second-order valence-corrected chi connectivity index (χ2v) is 7.77. The van der Waals surface area contributed by atoms with Crippen LogP contribution in [-0.2, 0) is 4.74 Å². The Labute approximate surface area is 177 Å². The number of rotatable bonds is 6. The molecule has 9 nitrogen and oxygen atoms in total. The molecule has 1 aliphatic rings. The Bertz CT molecular complexity index is 1060. The van der Waals surface area contributed by atoms with Crippen LogP contribution in [0.4, 0.5) is 11.6 Å². The van der Waals surface area contributed by atoms with Gasteiger partial charge in [0.05, 0.1) is 42.8 Å². The molecular formula is C20H23N5O4S. The predicted octanol–water partition coefficient (Wildman–Crippen LogP) is 2.49. The van der Waals surface area contributed by atoms with Crippen LogP contribution >= 0.6 is 11.3 Å². The maximum absolute atomic E-state index is 12.9. The standard InChI is InChI=1S/C20H23N5O4S/c1-27-15-4-3-11(7-16(15)28-2)23-19(26)12-10-30-17-8-22-20(25-18(12)17)24-14-5-6-29-9-13(14)21/h3-4,7-8,10,13-14H,5-6,9,21H2,1-2H3,(H,23,26)(H,22,24,25)/t13-,14+/m0/s1. The number of amides is 1. The molecule has 0 bridgehead atoms. The van der Waals surface area contributed by atoms with Crippen molar-refractivity contribution in [2.24, 2.45) is 5.73 Å². The summed E-state index contributed by atoms with van der Waals surface area (Å²) in [5, 5.41) is 7.93. The summed E-state index contributed by atoms with van der Waals surface area (Å²) in [6.07, 6.45) is 2.49. The van der Waals surface area contributed by atoms with Crippen molar-refractivity contribution in [3.05, 3.63) is 35.3 Å². The summed E-state index contributed by atoms with van der Waals surface area (Å²) in [5.74, 6) is 1.31. The topological polar surface area (TPSA) is 121 Å². The van der Waals surface area contributed by atoms with Crippen molar-refractivity contribution in [2.45, 2.75) is 18.5 Å². The van der Waals surface area contributed by atoms with Crippen LogP contribution in [0, 0.1) is 0 Å². The van der Waals surface area contributed by atoms with Crippen LogP contribution in [0.15, 0.2) is 29.8 Å². The lowest BCUT2D eigenvalue weighted by molar-refractivity contribution is 0.0751. The van der Waals surface area contributed by atoms with Crippen molar-refractivity contribution >= 4 is 39.1 Å². The molecule has 0 aliphatic carbocycles. The average Bonchev–Trinajstić information content (AvgIpc) is 3.18. The number of nitrogens with zero attached hydrogens (tertiary/aromatic N) is 2. The predicted molar refractivity (Wildman–Crippen MR) is 116 cm³/mol. The van der Waals surface area contributed by atoms with Crippen LogP contribution in [0.3, 0.4) is 0 Å². The van der Waals surface area contributed by atoms with Gasteiger partial charge in [0, 0.05) is 35.8 Å². The summed E-state index contributed by atoms with van der Waals surface area (Å²) in [7, 11) is 3.11. The number of nitrogens with two attached hydrogens (primary N) is 1. The summed E-state index contributed by atoms with van der Waals surface area (Å²) >= 11 is 1.42. The van der Waals surface area contributed by atoms with Crippen LogP contribution < -0.4 is 25.8 Å². The highest BCUT2D eigenvalue weighted by molar-refractivity contribution is 7.17. The third-order valence-corrected chi connectivity index (χ3v) is 5.82. The Morgan fingerprint density at radius 3 is 2.90 bits per heavy atom. The molecule has 2 atom stereocenters. The summed E-state index contributed by atoms with van der Waals surface area (Å²) < 4.78 is 16.7. The molecule has 3 heterocycles. The number of fused-ring (bicyclic) bond motifs is 1. The molecule has 1 saturated heterocycles. The Morgan fingerprint density at radius 1 is 1.30 bits per heavy atom. The van der Waals surface area contributed by atoms with E-state index in [4.69, 9.17) is 19.9 Å². The highest BCUT2D eigenvalue weighted by Crippen LogP contribution is 2.31. The van der Waals surface area contributed by atoms with Gasteiger partial charge in [-0.05, 0) is 18.6 Å².